The highest BCUT2D eigenvalue weighted by atomic mass is 16.3. The van der Waals surface area contributed by atoms with Gasteiger partial charge in [-0.3, -0.25) is 9.69 Å². The first-order valence-electron chi connectivity index (χ1n) is 5.55. The molecule has 0 amide bonds. The average molecular weight is 197 g/mol. The van der Waals surface area contributed by atoms with E-state index in [1.807, 2.05) is 6.92 Å². The lowest BCUT2D eigenvalue weighted by Crippen LogP contribution is -2.39. The highest BCUT2D eigenvalue weighted by molar-refractivity contribution is 5.79. The van der Waals surface area contributed by atoms with E-state index in [2.05, 4.69) is 4.90 Å². The molecule has 0 aromatic rings. The van der Waals surface area contributed by atoms with Crippen LogP contribution in [0.3, 0.4) is 0 Å². The molecule has 3 heteroatoms. The van der Waals surface area contributed by atoms with Crippen molar-refractivity contribution >= 4 is 5.78 Å². The number of rotatable bonds is 1. The van der Waals surface area contributed by atoms with Crippen LogP contribution in [0.4, 0.5) is 0 Å². The number of aliphatic hydroxyl groups is 1. The molecule has 0 radical (unpaired) electrons. The minimum atomic E-state index is -0.499. The molecule has 1 saturated carbocycles. The van der Waals surface area contributed by atoms with Gasteiger partial charge in [0.25, 0.3) is 0 Å². The summed E-state index contributed by atoms with van der Waals surface area (Å²) in [4.78, 5) is 13.4. The number of nitrogens with zero attached hydrogens (tertiary/aromatic N) is 1. The van der Waals surface area contributed by atoms with Crippen LogP contribution in [-0.2, 0) is 4.79 Å². The highest BCUT2D eigenvalue weighted by Crippen LogP contribution is 2.28. The molecule has 1 heterocycles. The lowest BCUT2D eigenvalue weighted by atomic mass is 9.93. The Morgan fingerprint density at radius 3 is 2.57 bits per heavy atom. The van der Waals surface area contributed by atoms with Gasteiger partial charge in [0.15, 0.2) is 0 Å². The van der Waals surface area contributed by atoms with E-state index in [0.717, 1.165) is 45.2 Å². The first-order chi connectivity index (χ1) is 6.57. The minimum Gasteiger partial charge on any atom is -0.389 e. The molecule has 3 nitrogen and oxygen atoms in total. The van der Waals surface area contributed by atoms with Crippen LogP contribution in [0, 0.1) is 0 Å². The van der Waals surface area contributed by atoms with Crippen molar-refractivity contribution in [3.63, 3.8) is 0 Å². The third kappa shape index (κ3) is 2.15. The van der Waals surface area contributed by atoms with Crippen LogP contribution in [0.15, 0.2) is 0 Å². The smallest absolute Gasteiger partial charge is 0.133 e. The van der Waals surface area contributed by atoms with Crippen molar-refractivity contribution in [3.8, 4) is 0 Å². The number of carbonyl (C=O) groups excluding carboxylic acids is 1. The standard InChI is InChI=1S/C11H19NO2/c1-11(14)6-7-12(8-11)9-2-4-10(13)5-3-9/h9,14H,2-8H2,1H3. The summed E-state index contributed by atoms with van der Waals surface area (Å²) >= 11 is 0. The highest BCUT2D eigenvalue weighted by Gasteiger charge is 2.35. The van der Waals surface area contributed by atoms with E-state index < -0.39 is 5.60 Å². The molecule has 0 spiro atoms. The third-order valence-electron chi connectivity index (χ3n) is 3.51. The van der Waals surface area contributed by atoms with Gasteiger partial charge >= 0.3 is 0 Å². The quantitative estimate of drug-likeness (QED) is 0.680. The summed E-state index contributed by atoms with van der Waals surface area (Å²) < 4.78 is 0. The second-order valence-electron chi connectivity index (χ2n) is 4.99. The summed E-state index contributed by atoms with van der Waals surface area (Å²) in [5.41, 5.74) is -0.499. The summed E-state index contributed by atoms with van der Waals surface area (Å²) in [7, 11) is 0. The molecule has 14 heavy (non-hydrogen) atoms. The molecule has 0 aromatic carbocycles. The molecule has 1 atom stereocenters. The maximum Gasteiger partial charge on any atom is 0.133 e. The Morgan fingerprint density at radius 2 is 2.07 bits per heavy atom. The zero-order valence-corrected chi connectivity index (χ0v) is 8.83. The second kappa shape index (κ2) is 3.63. The number of hydrogen-bond donors (Lipinski definition) is 1. The lowest BCUT2D eigenvalue weighted by Gasteiger charge is -2.31. The lowest BCUT2D eigenvalue weighted by molar-refractivity contribution is -0.121. The van der Waals surface area contributed by atoms with Gasteiger partial charge in [-0.25, -0.2) is 0 Å². The van der Waals surface area contributed by atoms with E-state index in [0.29, 0.717) is 11.8 Å². The summed E-state index contributed by atoms with van der Waals surface area (Å²) in [6.07, 6.45) is 4.34. The third-order valence-corrected chi connectivity index (χ3v) is 3.51. The summed E-state index contributed by atoms with van der Waals surface area (Å²) in [6, 6.07) is 0.543. The molecule has 1 aliphatic heterocycles. The maximum absolute atomic E-state index is 11.1. The fraction of sp³-hybridized carbons (Fsp3) is 0.909. The van der Waals surface area contributed by atoms with Gasteiger partial charge in [0.05, 0.1) is 5.60 Å². The van der Waals surface area contributed by atoms with E-state index in [-0.39, 0.29) is 0 Å². The molecule has 1 saturated heterocycles. The van der Waals surface area contributed by atoms with Gasteiger partial charge in [-0.1, -0.05) is 0 Å². The molecular weight excluding hydrogens is 178 g/mol. The Labute approximate surface area is 85.1 Å². The van der Waals surface area contributed by atoms with Gasteiger partial charge in [-0.05, 0) is 26.2 Å². The molecule has 1 aliphatic carbocycles. The summed E-state index contributed by atoms with van der Waals surface area (Å²) in [6.45, 7) is 3.68. The van der Waals surface area contributed by atoms with Gasteiger partial charge in [0, 0.05) is 32.0 Å². The predicted molar refractivity (Wildman–Crippen MR) is 54.1 cm³/mol. The Hall–Kier alpha value is -0.410. The van der Waals surface area contributed by atoms with Crippen LogP contribution in [-0.4, -0.2) is 40.5 Å². The summed E-state index contributed by atoms with van der Waals surface area (Å²) in [5.74, 6) is 0.409. The van der Waals surface area contributed by atoms with Crippen LogP contribution >= 0.6 is 0 Å². The summed E-state index contributed by atoms with van der Waals surface area (Å²) in [5, 5.41) is 9.84. The number of β-amino-alcohol motifs (C(OH)–C–C–N with tert-alkyl or cyclic N) is 1. The second-order valence-corrected chi connectivity index (χ2v) is 4.99. The zero-order valence-electron chi connectivity index (χ0n) is 8.83. The van der Waals surface area contributed by atoms with Crippen molar-refractivity contribution in [1.82, 2.24) is 4.90 Å². The van der Waals surface area contributed by atoms with Crippen molar-refractivity contribution < 1.29 is 9.90 Å². The zero-order chi connectivity index (χ0) is 10.2. The van der Waals surface area contributed by atoms with E-state index >= 15 is 0 Å². The Balaban J connectivity index is 1.88. The van der Waals surface area contributed by atoms with Crippen molar-refractivity contribution in [2.75, 3.05) is 13.1 Å². The molecule has 2 aliphatic rings. The van der Waals surface area contributed by atoms with Crippen LogP contribution < -0.4 is 0 Å². The Morgan fingerprint density at radius 1 is 1.43 bits per heavy atom. The normalized spacial score (nSPS) is 36.6. The molecule has 0 bridgehead atoms. The molecule has 1 N–H and O–H groups in total. The number of likely N-dealkylation sites (tertiary alicyclic amines) is 1. The van der Waals surface area contributed by atoms with Crippen LogP contribution in [0.5, 0.6) is 0 Å². The van der Waals surface area contributed by atoms with Gasteiger partial charge in [0.2, 0.25) is 0 Å². The largest absolute Gasteiger partial charge is 0.389 e. The first kappa shape index (κ1) is 10.1. The van der Waals surface area contributed by atoms with Gasteiger partial charge < -0.3 is 5.11 Å². The molecular formula is C11H19NO2. The van der Waals surface area contributed by atoms with Crippen molar-refractivity contribution in [2.24, 2.45) is 0 Å². The number of Topliss-reactive ketones (excluding diaryl/α,β-unsaturated/α-hetero) is 1. The fourth-order valence-corrected chi connectivity index (χ4v) is 2.58. The molecule has 2 fully saturated rings. The molecule has 0 aromatic heterocycles. The Bertz CT molecular complexity index is 227. The van der Waals surface area contributed by atoms with E-state index in [1.165, 1.54) is 0 Å². The SMILES string of the molecule is CC1(O)CCN(C2CCC(=O)CC2)C1. The van der Waals surface area contributed by atoms with Crippen molar-refractivity contribution in [1.29, 1.82) is 0 Å². The average Bonchev–Trinajstić information content (AvgIpc) is 2.47. The van der Waals surface area contributed by atoms with Crippen molar-refractivity contribution in [3.05, 3.63) is 0 Å². The van der Waals surface area contributed by atoms with Crippen molar-refractivity contribution in [2.45, 2.75) is 50.7 Å². The van der Waals surface area contributed by atoms with E-state index in [1.54, 1.807) is 0 Å². The Kier molecular flexibility index (Phi) is 2.62. The van der Waals surface area contributed by atoms with E-state index in [4.69, 9.17) is 0 Å². The van der Waals surface area contributed by atoms with Crippen LogP contribution in [0.2, 0.25) is 0 Å². The number of hydrogen-bond acceptors (Lipinski definition) is 3. The number of ketones is 1. The van der Waals surface area contributed by atoms with Crippen LogP contribution in [0.25, 0.3) is 0 Å². The van der Waals surface area contributed by atoms with Gasteiger partial charge in [-0.15, -0.1) is 0 Å². The molecule has 1 unspecified atom stereocenters. The minimum absolute atomic E-state index is 0.409. The van der Waals surface area contributed by atoms with Crippen LogP contribution in [0.1, 0.15) is 39.0 Å². The maximum atomic E-state index is 11.1. The first-order valence-corrected chi connectivity index (χ1v) is 5.55. The fourth-order valence-electron chi connectivity index (χ4n) is 2.58. The molecule has 2 rings (SSSR count). The van der Waals surface area contributed by atoms with E-state index in [9.17, 15) is 9.90 Å². The topological polar surface area (TPSA) is 40.5 Å². The van der Waals surface area contributed by atoms with Gasteiger partial charge in [-0.2, -0.15) is 0 Å². The monoisotopic (exact) mass is 197 g/mol. The molecule has 80 valence electrons. The predicted octanol–water partition coefficient (Wildman–Crippen LogP) is 0.955. The number of carbonyl (C=O) groups is 1. The van der Waals surface area contributed by atoms with Gasteiger partial charge in [0.1, 0.15) is 5.78 Å².